The Morgan fingerprint density at radius 3 is 2.54 bits per heavy atom. The van der Waals surface area contributed by atoms with Crippen molar-refractivity contribution in [3.8, 4) is 0 Å². The summed E-state index contributed by atoms with van der Waals surface area (Å²) in [5.41, 5.74) is 1.57. The van der Waals surface area contributed by atoms with Crippen molar-refractivity contribution < 1.29 is 4.39 Å². The van der Waals surface area contributed by atoms with Gasteiger partial charge in [-0.05, 0) is 19.4 Å². The second-order valence-corrected chi connectivity index (χ2v) is 2.72. The summed E-state index contributed by atoms with van der Waals surface area (Å²) in [6, 6.07) is 7.43. The van der Waals surface area contributed by atoms with Crippen molar-refractivity contribution in [2.75, 3.05) is 0 Å². The Kier molecular flexibility index (Phi) is 3.44. The lowest BCUT2D eigenvalue weighted by atomic mass is 10.1. The van der Waals surface area contributed by atoms with Crippen molar-refractivity contribution >= 4 is 11.9 Å². The van der Waals surface area contributed by atoms with Gasteiger partial charge in [0.25, 0.3) is 0 Å². The summed E-state index contributed by atoms with van der Waals surface area (Å²) in [6.45, 7) is 3.62. The summed E-state index contributed by atoms with van der Waals surface area (Å²) >= 11 is 0. The van der Waals surface area contributed by atoms with E-state index in [1.54, 1.807) is 13.0 Å². The topological polar surface area (TPSA) is 0 Å². The molecule has 0 aliphatic heterocycles. The molecular weight excluding hydrogens is 163 g/mol. The second kappa shape index (κ2) is 4.61. The lowest BCUT2D eigenvalue weighted by molar-refractivity contribution is 0.758. The van der Waals surface area contributed by atoms with Crippen LogP contribution in [0.2, 0.25) is 0 Å². The van der Waals surface area contributed by atoms with E-state index in [0.717, 1.165) is 5.56 Å². The first-order chi connectivity index (χ1) is 6.29. The standard InChI is InChI=1S/C12H13F/c1-3-7-10-8-5-6-9-11(10)12(13)4-2/h3-9H,1-2H3/b7-3-,12-4+. The van der Waals surface area contributed by atoms with Gasteiger partial charge in [-0.2, -0.15) is 0 Å². The van der Waals surface area contributed by atoms with E-state index in [4.69, 9.17) is 0 Å². The molecule has 0 saturated carbocycles. The van der Waals surface area contributed by atoms with Gasteiger partial charge in [0.05, 0.1) is 0 Å². The summed E-state index contributed by atoms with van der Waals surface area (Å²) in [7, 11) is 0. The van der Waals surface area contributed by atoms with E-state index >= 15 is 0 Å². The van der Waals surface area contributed by atoms with Crippen molar-refractivity contribution in [3.63, 3.8) is 0 Å². The highest BCUT2D eigenvalue weighted by Crippen LogP contribution is 2.21. The molecule has 0 spiro atoms. The van der Waals surface area contributed by atoms with Crippen LogP contribution in [0.3, 0.4) is 0 Å². The molecular formula is C12H13F. The number of rotatable bonds is 2. The fourth-order valence-electron chi connectivity index (χ4n) is 1.19. The molecule has 0 N–H and O–H groups in total. The highest BCUT2D eigenvalue weighted by Gasteiger charge is 2.01. The van der Waals surface area contributed by atoms with Crippen LogP contribution in [0.15, 0.2) is 36.4 Å². The van der Waals surface area contributed by atoms with Crippen LogP contribution in [0.4, 0.5) is 4.39 Å². The monoisotopic (exact) mass is 176 g/mol. The minimum absolute atomic E-state index is 0.172. The smallest absolute Gasteiger partial charge is 0.126 e. The molecule has 0 nitrogen and oxygen atoms in total. The number of hydrogen-bond acceptors (Lipinski definition) is 0. The SMILES string of the molecule is C/C=C\c1ccccc1/C(F)=C\C. The van der Waals surface area contributed by atoms with Gasteiger partial charge in [-0.1, -0.05) is 42.5 Å². The normalized spacial score (nSPS) is 12.4. The molecule has 0 aromatic heterocycles. The van der Waals surface area contributed by atoms with Crippen LogP contribution in [0.25, 0.3) is 11.9 Å². The van der Waals surface area contributed by atoms with Gasteiger partial charge in [-0.3, -0.25) is 0 Å². The molecule has 0 heterocycles. The summed E-state index contributed by atoms with van der Waals surface area (Å²) in [5.74, 6) is -0.172. The average Bonchev–Trinajstić information content (AvgIpc) is 2.18. The van der Waals surface area contributed by atoms with Gasteiger partial charge in [0.15, 0.2) is 0 Å². The van der Waals surface area contributed by atoms with E-state index in [0.29, 0.717) is 5.56 Å². The Morgan fingerprint density at radius 1 is 1.23 bits per heavy atom. The molecule has 1 rings (SSSR count). The summed E-state index contributed by atoms with van der Waals surface area (Å²) in [6.07, 6.45) is 5.28. The number of allylic oxidation sites excluding steroid dienone is 2. The fraction of sp³-hybridized carbons (Fsp3) is 0.167. The summed E-state index contributed by atoms with van der Waals surface area (Å²) < 4.78 is 13.3. The van der Waals surface area contributed by atoms with E-state index in [1.807, 2.05) is 37.3 Å². The van der Waals surface area contributed by atoms with Crippen molar-refractivity contribution in [1.29, 1.82) is 0 Å². The van der Waals surface area contributed by atoms with Gasteiger partial charge in [0, 0.05) is 5.56 Å². The molecule has 0 saturated heterocycles. The highest BCUT2D eigenvalue weighted by atomic mass is 19.1. The molecule has 0 bridgehead atoms. The Bertz CT molecular complexity index is 335. The molecule has 13 heavy (non-hydrogen) atoms. The van der Waals surface area contributed by atoms with Crippen LogP contribution in [0, 0.1) is 0 Å². The fourth-order valence-corrected chi connectivity index (χ4v) is 1.19. The number of benzene rings is 1. The van der Waals surface area contributed by atoms with Crippen LogP contribution >= 0.6 is 0 Å². The van der Waals surface area contributed by atoms with E-state index in [1.165, 1.54) is 6.08 Å². The van der Waals surface area contributed by atoms with E-state index in [-0.39, 0.29) is 5.83 Å². The predicted molar refractivity (Wildman–Crippen MR) is 55.9 cm³/mol. The van der Waals surface area contributed by atoms with Gasteiger partial charge in [0.1, 0.15) is 5.83 Å². The zero-order valence-corrected chi connectivity index (χ0v) is 7.92. The zero-order valence-electron chi connectivity index (χ0n) is 7.92. The number of hydrogen-bond donors (Lipinski definition) is 0. The molecule has 1 aromatic rings. The van der Waals surface area contributed by atoms with Crippen molar-refractivity contribution in [3.05, 3.63) is 47.5 Å². The Balaban J connectivity index is 3.19. The Labute approximate surface area is 78.4 Å². The summed E-state index contributed by atoms with van der Waals surface area (Å²) in [4.78, 5) is 0. The lowest BCUT2D eigenvalue weighted by Crippen LogP contribution is -1.82. The third-order valence-electron chi connectivity index (χ3n) is 1.82. The van der Waals surface area contributed by atoms with Crippen molar-refractivity contribution in [2.45, 2.75) is 13.8 Å². The van der Waals surface area contributed by atoms with E-state index < -0.39 is 0 Å². The van der Waals surface area contributed by atoms with Crippen LogP contribution in [0.1, 0.15) is 25.0 Å². The molecule has 0 aliphatic rings. The molecule has 0 radical (unpaired) electrons. The quantitative estimate of drug-likeness (QED) is 0.637. The third kappa shape index (κ3) is 2.28. The third-order valence-corrected chi connectivity index (χ3v) is 1.82. The van der Waals surface area contributed by atoms with Gasteiger partial charge in [-0.25, -0.2) is 4.39 Å². The second-order valence-electron chi connectivity index (χ2n) is 2.72. The van der Waals surface area contributed by atoms with Crippen LogP contribution in [-0.4, -0.2) is 0 Å². The molecule has 68 valence electrons. The summed E-state index contributed by atoms with van der Waals surface area (Å²) in [5, 5.41) is 0. The maximum absolute atomic E-state index is 13.3. The molecule has 0 atom stereocenters. The van der Waals surface area contributed by atoms with Crippen molar-refractivity contribution in [1.82, 2.24) is 0 Å². The Morgan fingerprint density at radius 2 is 1.92 bits per heavy atom. The molecule has 0 aliphatic carbocycles. The Hall–Kier alpha value is -1.37. The maximum atomic E-state index is 13.3. The molecule has 0 fully saturated rings. The van der Waals surface area contributed by atoms with Gasteiger partial charge in [-0.15, -0.1) is 0 Å². The number of halogens is 1. The largest absolute Gasteiger partial charge is 0.207 e. The first kappa shape index (κ1) is 9.72. The van der Waals surface area contributed by atoms with Gasteiger partial charge in [0.2, 0.25) is 0 Å². The van der Waals surface area contributed by atoms with Gasteiger partial charge < -0.3 is 0 Å². The van der Waals surface area contributed by atoms with Crippen LogP contribution in [-0.2, 0) is 0 Å². The maximum Gasteiger partial charge on any atom is 0.126 e. The highest BCUT2D eigenvalue weighted by molar-refractivity contribution is 5.69. The van der Waals surface area contributed by atoms with Gasteiger partial charge >= 0.3 is 0 Å². The molecule has 1 heteroatoms. The van der Waals surface area contributed by atoms with Crippen LogP contribution < -0.4 is 0 Å². The first-order valence-electron chi connectivity index (χ1n) is 4.33. The minimum atomic E-state index is -0.172. The lowest BCUT2D eigenvalue weighted by Gasteiger charge is -2.01. The molecule has 1 aromatic carbocycles. The zero-order chi connectivity index (χ0) is 9.68. The van der Waals surface area contributed by atoms with E-state index in [2.05, 4.69) is 0 Å². The van der Waals surface area contributed by atoms with E-state index in [9.17, 15) is 4.39 Å². The van der Waals surface area contributed by atoms with Crippen molar-refractivity contribution in [2.24, 2.45) is 0 Å². The average molecular weight is 176 g/mol. The molecule has 0 unspecified atom stereocenters. The predicted octanol–water partition coefficient (Wildman–Crippen LogP) is 4.05. The van der Waals surface area contributed by atoms with Crippen LogP contribution in [0.5, 0.6) is 0 Å². The molecule has 0 amide bonds. The minimum Gasteiger partial charge on any atom is -0.207 e. The first-order valence-corrected chi connectivity index (χ1v) is 4.33.